The minimum Gasteiger partial charge on any atom is -0.495 e. The maximum Gasteiger partial charge on any atom is 0.257 e. The summed E-state index contributed by atoms with van der Waals surface area (Å²) in [5, 5.41) is 29.0. The molecular formula is C41H66N4O15. The van der Waals surface area contributed by atoms with Gasteiger partial charge < -0.3 is 72.4 Å². The first-order chi connectivity index (χ1) is 29.6. The summed E-state index contributed by atoms with van der Waals surface area (Å²) in [6.45, 7) is 11.0. The van der Waals surface area contributed by atoms with E-state index in [-0.39, 0.29) is 19.8 Å². The normalized spacial score (nSPS) is 12.3. The van der Waals surface area contributed by atoms with Gasteiger partial charge in [-0.05, 0) is 43.3 Å². The standard InChI is InChI=1S/C41H66N4O15/c1-35(42-11-14-50-15-12-46)40(41(48)43-38-5-3-4-6-39(38)49-2)45-44-36-7-9-37(10-8-36)60-34-33-59-32-31-58-30-29-57-28-27-56-26-25-55-24-23-54-22-21-53-20-19-52-18-17-51-16-13-47/h3-10,40,46-47H,11-34H2,1-2H3,(H,43,48). The van der Waals surface area contributed by atoms with E-state index in [2.05, 4.69) is 20.5 Å². The lowest BCUT2D eigenvalue weighted by molar-refractivity contribution is -0.116. The first-order valence-corrected chi connectivity index (χ1v) is 20.2. The number of anilines is 1. The van der Waals surface area contributed by atoms with Crippen LogP contribution in [0.3, 0.4) is 0 Å². The van der Waals surface area contributed by atoms with E-state index in [1.54, 1.807) is 49.4 Å². The van der Waals surface area contributed by atoms with E-state index in [1.165, 1.54) is 7.11 Å². The number of azo groups is 1. The summed E-state index contributed by atoms with van der Waals surface area (Å²) in [6, 6.07) is 13.1. The number of benzene rings is 2. The molecule has 0 saturated heterocycles. The topological polar surface area (TPSA) is 217 Å². The number of carbonyl (C=O) groups excluding carboxylic acids is 1. The number of methoxy groups -OCH3 is 1. The molecule has 0 bridgehead atoms. The number of hydrogen-bond acceptors (Lipinski definition) is 18. The van der Waals surface area contributed by atoms with Gasteiger partial charge in [-0.1, -0.05) is 12.1 Å². The molecule has 19 nitrogen and oxygen atoms in total. The molecule has 2 aromatic rings. The molecule has 0 heterocycles. The molecule has 1 amide bonds. The van der Waals surface area contributed by atoms with Crippen molar-refractivity contribution in [2.24, 2.45) is 15.2 Å². The van der Waals surface area contributed by atoms with E-state index in [9.17, 15) is 4.79 Å². The number of nitrogens with one attached hydrogen (secondary N) is 1. The second-order valence-electron chi connectivity index (χ2n) is 12.2. The molecule has 60 heavy (non-hydrogen) atoms. The fraction of sp³-hybridized carbons (Fsp3) is 0.659. The van der Waals surface area contributed by atoms with Crippen LogP contribution in [0.4, 0.5) is 11.4 Å². The number of aliphatic imine (C=N–C) groups is 1. The van der Waals surface area contributed by atoms with E-state index in [0.717, 1.165) is 0 Å². The third-order valence-electron chi connectivity index (χ3n) is 7.67. The van der Waals surface area contributed by atoms with Crippen LogP contribution in [0.2, 0.25) is 0 Å². The SMILES string of the molecule is COc1ccccc1NC(=O)C(N=Nc1ccc(OCCOCCOCCOCCOCCOCCOCCOCCOCCOCCO)cc1)C(C)=NCCOCCO. The zero-order chi connectivity index (χ0) is 43.0. The molecular weight excluding hydrogens is 788 g/mol. The number of aliphatic hydroxyl groups is 2. The van der Waals surface area contributed by atoms with Crippen LogP contribution in [-0.4, -0.2) is 193 Å². The van der Waals surface area contributed by atoms with E-state index in [0.29, 0.717) is 167 Å². The van der Waals surface area contributed by atoms with E-state index < -0.39 is 11.9 Å². The van der Waals surface area contributed by atoms with Crippen molar-refractivity contribution in [1.29, 1.82) is 0 Å². The molecule has 0 aliphatic heterocycles. The number of carbonyl (C=O) groups is 1. The Bertz CT molecular complexity index is 1370. The van der Waals surface area contributed by atoms with Gasteiger partial charge in [-0.2, -0.15) is 10.2 Å². The van der Waals surface area contributed by atoms with Crippen molar-refractivity contribution in [2.45, 2.75) is 13.0 Å². The van der Waals surface area contributed by atoms with Gasteiger partial charge in [-0.3, -0.25) is 9.79 Å². The van der Waals surface area contributed by atoms with Crippen molar-refractivity contribution < 1.29 is 71.8 Å². The molecule has 1 unspecified atom stereocenters. The van der Waals surface area contributed by atoms with Crippen molar-refractivity contribution in [3.63, 3.8) is 0 Å². The Labute approximate surface area is 353 Å². The highest BCUT2D eigenvalue weighted by Crippen LogP contribution is 2.24. The van der Waals surface area contributed by atoms with Gasteiger partial charge in [0.25, 0.3) is 5.91 Å². The monoisotopic (exact) mass is 854 g/mol. The van der Waals surface area contributed by atoms with Crippen LogP contribution >= 0.6 is 0 Å². The largest absolute Gasteiger partial charge is 0.495 e. The highest BCUT2D eigenvalue weighted by molar-refractivity contribution is 6.12. The summed E-state index contributed by atoms with van der Waals surface area (Å²) < 4.78 is 65.3. The maximum absolute atomic E-state index is 13.3. The van der Waals surface area contributed by atoms with Crippen LogP contribution in [0.25, 0.3) is 0 Å². The highest BCUT2D eigenvalue weighted by Gasteiger charge is 2.22. The third kappa shape index (κ3) is 27.9. The number of ether oxygens (including phenoxy) is 12. The molecule has 340 valence electrons. The van der Waals surface area contributed by atoms with Gasteiger partial charge in [0.2, 0.25) is 0 Å². The Balaban J connectivity index is 1.46. The summed E-state index contributed by atoms with van der Waals surface area (Å²) in [6.07, 6.45) is 0. The Morgan fingerprint density at radius 3 is 1.43 bits per heavy atom. The van der Waals surface area contributed by atoms with Gasteiger partial charge in [0.1, 0.15) is 18.1 Å². The van der Waals surface area contributed by atoms with Crippen molar-refractivity contribution in [2.75, 3.05) is 171 Å². The predicted octanol–water partition coefficient (Wildman–Crippen LogP) is 2.78. The number of rotatable bonds is 41. The van der Waals surface area contributed by atoms with Gasteiger partial charge in [0.05, 0.1) is 170 Å². The Morgan fingerprint density at radius 2 is 0.983 bits per heavy atom. The second-order valence-corrected chi connectivity index (χ2v) is 12.2. The zero-order valence-corrected chi connectivity index (χ0v) is 35.2. The summed E-state index contributed by atoms with van der Waals surface area (Å²) in [5.74, 6) is 0.724. The molecule has 19 heteroatoms. The number of amides is 1. The molecule has 1 atom stereocenters. The Kier molecular flexibility index (Phi) is 33.4. The van der Waals surface area contributed by atoms with Crippen LogP contribution < -0.4 is 14.8 Å². The first-order valence-electron chi connectivity index (χ1n) is 20.2. The second kappa shape index (κ2) is 38.2. The summed E-state index contributed by atoms with van der Waals surface area (Å²) in [7, 11) is 1.53. The quantitative estimate of drug-likeness (QED) is 0.0498. The lowest BCUT2D eigenvalue weighted by Gasteiger charge is -2.14. The van der Waals surface area contributed by atoms with Crippen LogP contribution in [0, 0.1) is 0 Å². The summed E-state index contributed by atoms with van der Waals surface area (Å²) >= 11 is 0. The van der Waals surface area contributed by atoms with E-state index in [4.69, 9.17) is 67.1 Å². The average Bonchev–Trinajstić information content (AvgIpc) is 3.26. The van der Waals surface area contributed by atoms with Crippen molar-refractivity contribution in [1.82, 2.24) is 0 Å². The van der Waals surface area contributed by atoms with Gasteiger partial charge >= 0.3 is 0 Å². The first kappa shape index (κ1) is 52.4. The van der Waals surface area contributed by atoms with Crippen LogP contribution in [0.5, 0.6) is 11.5 Å². The molecule has 0 aromatic heterocycles. The highest BCUT2D eigenvalue weighted by atomic mass is 16.6. The van der Waals surface area contributed by atoms with Crippen LogP contribution in [0.15, 0.2) is 63.8 Å². The molecule has 0 fully saturated rings. The molecule has 0 radical (unpaired) electrons. The molecule has 2 aromatic carbocycles. The minimum absolute atomic E-state index is 0.0142. The smallest absolute Gasteiger partial charge is 0.257 e. The number of aliphatic hydroxyl groups excluding tert-OH is 2. The van der Waals surface area contributed by atoms with Gasteiger partial charge in [-0.15, -0.1) is 0 Å². The average molecular weight is 855 g/mol. The summed E-state index contributed by atoms with van der Waals surface area (Å²) in [5.41, 5.74) is 1.48. The van der Waals surface area contributed by atoms with Crippen LogP contribution in [-0.2, 0) is 52.2 Å². The molecule has 2 rings (SSSR count). The van der Waals surface area contributed by atoms with Gasteiger partial charge in [0.15, 0.2) is 6.04 Å². The maximum atomic E-state index is 13.3. The molecule has 0 saturated carbocycles. The lowest BCUT2D eigenvalue weighted by Crippen LogP contribution is -2.32. The van der Waals surface area contributed by atoms with E-state index >= 15 is 0 Å². The summed E-state index contributed by atoms with van der Waals surface area (Å²) in [4.78, 5) is 17.7. The number of hydrogen-bond donors (Lipinski definition) is 3. The predicted molar refractivity (Wildman–Crippen MR) is 222 cm³/mol. The number of nitrogens with zero attached hydrogens (tertiary/aromatic N) is 3. The Hall–Kier alpha value is -3.70. The van der Waals surface area contributed by atoms with Gasteiger partial charge in [-0.25, -0.2) is 0 Å². The fourth-order valence-electron chi connectivity index (χ4n) is 4.69. The fourth-order valence-corrected chi connectivity index (χ4v) is 4.69. The molecule has 0 aliphatic rings. The van der Waals surface area contributed by atoms with Crippen LogP contribution in [0.1, 0.15) is 6.92 Å². The number of para-hydroxylation sites is 2. The minimum atomic E-state index is -1.00. The van der Waals surface area contributed by atoms with Crippen molar-refractivity contribution in [3.8, 4) is 11.5 Å². The third-order valence-corrected chi connectivity index (χ3v) is 7.67. The molecule has 3 N–H and O–H groups in total. The lowest BCUT2D eigenvalue weighted by atomic mass is 10.2. The Morgan fingerprint density at radius 1 is 0.567 bits per heavy atom. The zero-order valence-electron chi connectivity index (χ0n) is 35.2. The van der Waals surface area contributed by atoms with Crippen molar-refractivity contribution in [3.05, 3.63) is 48.5 Å². The van der Waals surface area contributed by atoms with Gasteiger partial charge in [0, 0.05) is 5.71 Å². The molecule has 0 spiro atoms. The molecule has 0 aliphatic carbocycles. The van der Waals surface area contributed by atoms with Crippen molar-refractivity contribution >= 4 is 23.0 Å². The van der Waals surface area contributed by atoms with E-state index in [1.807, 2.05) is 6.07 Å².